The molecule has 0 aliphatic carbocycles. The second-order valence-corrected chi connectivity index (χ2v) is 5.94. The van der Waals surface area contributed by atoms with Crippen LogP contribution < -0.4 is 0 Å². The van der Waals surface area contributed by atoms with Gasteiger partial charge < -0.3 is 0 Å². The van der Waals surface area contributed by atoms with Crippen molar-refractivity contribution < 1.29 is 13.2 Å². The Morgan fingerprint density at radius 3 is 2.81 bits per heavy atom. The van der Waals surface area contributed by atoms with Gasteiger partial charge in [0.1, 0.15) is 0 Å². The van der Waals surface area contributed by atoms with Gasteiger partial charge in [0, 0.05) is 13.1 Å². The fraction of sp³-hybridized carbons (Fsp3) is 0.778. The molecule has 0 radical (unpaired) electrons. The van der Waals surface area contributed by atoms with E-state index in [1.54, 1.807) is 6.07 Å². The molecule has 1 heterocycles. The zero-order chi connectivity index (χ0) is 12.2. The van der Waals surface area contributed by atoms with Gasteiger partial charge in [-0.05, 0) is 19.8 Å². The highest BCUT2D eigenvalue weighted by molar-refractivity contribution is 7.89. The predicted molar refractivity (Wildman–Crippen MR) is 56.7 cm³/mol. The Kier molecular flexibility index (Phi) is 4.19. The molecule has 1 saturated heterocycles. The molecular weight excluding hydrogens is 230 g/mol. The van der Waals surface area contributed by atoms with Gasteiger partial charge in [-0.3, -0.25) is 0 Å². The van der Waals surface area contributed by atoms with E-state index < -0.39 is 15.3 Å². The second kappa shape index (κ2) is 5.21. The molecule has 2 atom stereocenters. The van der Waals surface area contributed by atoms with Crippen LogP contribution in [0.2, 0.25) is 0 Å². The molecule has 0 amide bonds. The summed E-state index contributed by atoms with van der Waals surface area (Å²) in [5.41, 5.74) is 0. The summed E-state index contributed by atoms with van der Waals surface area (Å²) in [4.78, 5) is 13.6. The number of aliphatic imine (C=N–C) groups is 1. The molecule has 0 aromatic rings. The summed E-state index contributed by atoms with van der Waals surface area (Å²) >= 11 is 0. The zero-order valence-electron chi connectivity index (χ0n) is 8.96. The Labute approximate surface area is 94.6 Å². The van der Waals surface area contributed by atoms with Crippen LogP contribution in [0.1, 0.15) is 19.8 Å². The maximum Gasteiger partial charge on any atom is 0.235 e. The van der Waals surface area contributed by atoms with Gasteiger partial charge in [0.25, 0.3) is 0 Å². The lowest BCUT2D eigenvalue weighted by atomic mass is 10.1. The van der Waals surface area contributed by atoms with Crippen molar-refractivity contribution in [1.82, 2.24) is 4.31 Å². The van der Waals surface area contributed by atoms with E-state index in [9.17, 15) is 13.2 Å². The number of nitriles is 1. The van der Waals surface area contributed by atoms with E-state index in [-0.39, 0.29) is 12.6 Å². The van der Waals surface area contributed by atoms with Crippen LogP contribution >= 0.6 is 0 Å². The molecule has 1 fully saturated rings. The molecule has 7 heteroatoms. The maximum absolute atomic E-state index is 11.8. The zero-order valence-corrected chi connectivity index (χ0v) is 9.77. The van der Waals surface area contributed by atoms with Crippen LogP contribution in [0.25, 0.3) is 0 Å². The first-order valence-electron chi connectivity index (χ1n) is 4.98. The van der Waals surface area contributed by atoms with Gasteiger partial charge in [0.15, 0.2) is 5.25 Å². The molecule has 0 aromatic heterocycles. The van der Waals surface area contributed by atoms with E-state index in [0.717, 1.165) is 0 Å². The molecule has 16 heavy (non-hydrogen) atoms. The van der Waals surface area contributed by atoms with Gasteiger partial charge in [0.05, 0.1) is 12.1 Å². The number of piperidine rings is 1. The van der Waals surface area contributed by atoms with Crippen LogP contribution in [0.4, 0.5) is 0 Å². The summed E-state index contributed by atoms with van der Waals surface area (Å²) < 4.78 is 24.9. The summed E-state index contributed by atoms with van der Waals surface area (Å²) in [7, 11) is -3.58. The van der Waals surface area contributed by atoms with Gasteiger partial charge >= 0.3 is 0 Å². The Balaban J connectivity index is 2.82. The van der Waals surface area contributed by atoms with Gasteiger partial charge in [-0.2, -0.15) is 9.57 Å². The summed E-state index contributed by atoms with van der Waals surface area (Å²) in [6.07, 6.45) is 2.77. The standard InChI is InChI=1S/C9H13N3O3S/c1-8(5-10)16(14,15)12-4-2-3-9(6-12)11-7-13/h8-9H,2-4,6H2,1H3. The Morgan fingerprint density at radius 1 is 1.56 bits per heavy atom. The molecule has 1 rings (SSSR count). The Morgan fingerprint density at radius 2 is 2.25 bits per heavy atom. The molecule has 1 aliphatic heterocycles. The summed E-state index contributed by atoms with van der Waals surface area (Å²) in [6.45, 7) is 1.91. The smallest absolute Gasteiger partial charge is 0.211 e. The molecule has 0 saturated carbocycles. The number of isocyanates is 1. The number of sulfonamides is 1. The molecule has 2 unspecified atom stereocenters. The highest BCUT2D eigenvalue weighted by Gasteiger charge is 2.32. The quantitative estimate of drug-likeness (QED) is 0.516. The van der Waals surface area contributed by atoms with Crippen LogP contribution in [0.3, 0.4) is 0 Å². The van der Waals surface area contributed by atoms with Crippen molar-refractivity contribution in [2.45, 2.75) is 31.1 Å². The SMILES string of the molecule is CC(C#N)S(=O)(=O)N1CCCC(N=C=O)C1. The first-order valence-corrected chi connectivity index (χ1v) is 6.48. The van der Waals surface area contributed by atoms with Crippen LogP contribution in [0.15, 0.2) is 4.99 Å². The third-order valence-electron chi connectivity index (χ3n) is 2.58. The van der Waals surface area contributed by atoms with E-state index in [1.165, 1.54) is 17.3 Å². The Hall–Kier alpha value is -1.22. The van der Waals surface area contributed by atoms with Crippen molar-refractivity contribution in [3.63, 3.8) is 0 Å². The van der Waals surface area contributed by atoms with Crippen LogP contribution in [-0.2, 0) is 14.8 Å². The number of nitrogens with zero attached hydrogens (tertiary/aromatic N) is 3. The molecule has 6 nitrogen and oxygen atoms in total. The van der Waals surface area contributed by atoms with E-state index in [0.29, 0.717) is 19.4 Å². The van der Waals surface area contributed by atoms with Gasteiger partial charge in [-0.1, -0.05) is 0 Å². The van der Waals surface area contributed by atoms with E-state index >= 15 is 0 Å². The van der Waals surface area contributed by atoms with Crippen molar-refractivity contribution >= 4 is 16.1 Å². The van der Waals surface area contributed by atoms with Gasteiger partial charge in [0.2, 0.25) is 16.1 Å². The third-order valence-corrected chi connectivity index (χ3v) is 4.63. The molecule has 0 N–H and O–H groups in total. The lowest BCUT2D eigenvalue weighted by molar-refractivity contribution is 0.315. The molecule has 0 bridgehead atoms. The average Bonchev–Trinajstić information content (AvgIpc) is 2.28. The van der Waals surface area contributed by atoms with Crippen molar-refractivity contribution in [2.24, 2.45) is 4.99 Å². The monoisotopic (exact) mass is 243 g/mol. The summed E-state index contributed by atoms with van der Waals surface area (Å²) in [6, 6.07) is 1.38. The molecule has 88 valence electrons. The molecule has 0 aromatic carbocycles. The average molecular weight is 243 g/mol. The molecular formula is C9H13N3O3S. The first-order chi connectivity index (χ1) is 7.52. The highest BCUT2D eigenvalue weighted by Crippen LogP contribution is 2.18. The van der Waals surface area contributed by atoms with Crippen molar-refractivity contribution in [2.75, 3.05) is 13.1 Å². The summed E-state index contributed by atoms with van der Waals surface area (Å²) in [5, 5.41) is 7.57. The van der Waals surface area contributed by atoms with E-state index in [4.69, 9.17) is 5.26 Å². The molecule has 0 spiro atoms. The minimum atomic E-state index is -3.58. The van der Waals surface area contributed by atoms with Crippen LogP contribution in [0, 0.1) is 11.3 Å². The van der Waals surface area contributed by atoms with Gasteiger partial charge in [-0.25, -0.2) is 18.2 Å². The number of hydrogen-bond acceptors (Lipinski definition) is 5. The highest BCUT2D eigenvalue weighted by atomic mass is 32.2. The van der Waals surface area contributed by atoms with Crippen LogP contribution in [-0.4, -0.2) is 43.2 Å². The first kappa shape index (κ1) is 12.8. The second-order valence-electron chi connectivity index (χ2n) is 3.69. The topological polar surface area (TPSA) is 90.6 Å². The molecule has 1 aliphatic rings. The largest absolute Gasteiger partial charge is 0.235 e. The van der Waals surface area contributed by atoms with E-state index in [1.807, 2.05) is 0 Å². The normalized spacial score (nSPS) is 24.1. The number of hydrogen-bond donors (Lipinski definition) is 0. The minimum absolute atomic E-state index is 0.170. The van der Waals surface area contributed by atoms with Gasteiger partial charge in [-0.15, -0.1) is 0 Å². The maximum atomic E-state index is 11.8. The number of carbonyl (C=O) groups excluding carboxylic acids is 1. The van der Waals surface area contributed by atoms with Crippen molar-refractivity contribution in [3.8, 4) is 6.07 Å². The summed E-state index contributed by atoms with van der Waals surface area (Å²) in [5.74, 6) is 0. The lowest BCUT2D eigenvalue weighted by Crippen LogP contribution is -2.44. The number of rotatable bonds is 3. The minimum Gasteiger partial charge on any atom is -0.211 e. The fourth-order valence-electron chi connectivity index (χ4n) is 1.62. The van der Waals surface area contributed by atoms with Crippen molar-refractivity contribution in [3.05, 3.63) is 0 Å². The van der Waals surface area contributed by atoms with Crippen molar-refractivity contribution in [1.29, 1.82) is 5.26 Å². The Bertz CT molecular complexity index is 433. The third kappa shape index (κ3) is 2.67. The van der Waals surface area contributed by atoms with E-state index in [2.05, 4.69) is 4.99 Å². The lowest BCUT2D eigenvalue weighted by Gasteiger charge is -2.29. The van der Waals surface area contributed by atoms with Crippen LogP contribution in [0.5, 0.6) is 0 Å². The predicted octanol–water partition coefficient (Wildman–Crippen LogP) is 0.0285. The fourth-order valence-corrected chi connectivity index (χ4v) is 2.97.